The van der Waals surface area contributed by atoms with Gasteiger partial charge in [-0.05, 0) is 59.3 Å². The number of carbonyl (C=O) groups excluding carboxylic acids is 1. The lowest BCUT2D eigenvalue weighted by Crippen LogP contribution is -2.26. The predicted molar refractivity (Wildman–Crippen MR) is 89.9 cm³/mol. The van der Waals surface area contributed by atoms with Gasteiger partial charge in [0.25, 0.3) is 5.91 Å². The van der Waals surface area contributed by atoms with Crippen molar-refractivity contribution in [2.45, 2.75) is 13.0 Å². The molecule has 2 rings (SSSR count). The number of anilines is 1. The van der Waals surface area contributed by atoms with E-state index in [0.717, 1.165) is 9.47 Å². The summed E-state index contributed by atoms with van der Waals surface area (Å²) >= 11 is 5.16. The molecule has 0 spiro atoms. The third-order valence-corrected chi connectivity index (χ3v) is 4.75. The fourth-order valence-electron chi connectivity index (χ4n) is 1.87. The molecule has 0 radical (unpaired) electrons. The summed E-state index contributed by atoms with van der Waals surface area (Å²) in [5.74, 6) is -0.175. The fourth-order valence-corrected chi connectivity index (χ4v) is 3.30. The van der Waals surface area contributed by atoms with Crippen molar-refractivity contribution in [3.8, 4) is 0 Å². The Morgan fingerprint density at radius 3 is 2.57 bits per heavy atom. The topological polar surface area (TPSA) is 61.4 Å². The first-order valence-corrected chi connectivity index (χ1v) is 8.22. The van der Waals surface area contributed by atoms with Crippen LogP contribution in [0.25, 0.3) is 0 Å². The van der Waals surface area contributed by atoms with E-state index in [1.54, 1.807) is 23.5 Å². The molecule has 0 fully saturated rings. The largest absolute Gasteiger partial charge is 0.395 e. The van der Waals surface area contributed by atoms with E-state index in [4.69, 9.17) is 5.11 Å². The summed E-state index contributed by atoms with van der Waals surface area (Å²) in [7, 11) is 0. The molecule has 1 amide bonds. The van der Waals surface area contributed by atoms with Crippen LogP contribution in [0, 0.1) is 0 Å². The molecule has 3 N–H and O–H groups in total. The van der Waals surface area contributed by atoms with Crippen molar-refractivity contribution in [2.75, 3.05) is 18.5 Å². The van der Waals surface area contributed by atoms with Crippen LogP contribution in [-0.2, 0) is 0 Å². The molecule has 21 heavy (non-hydrogen) atoms. The maximum Gasteiger partial charge on any atom is 0.251 e. The molecular weight excluding hydrogens is 352 g/mol. The van der Waals surface area contributed by atoms with Gasteiger partial charge in [0.2, 0.25) is 0 Å². The van der Waals surface area contributed by atoms with E-state index in [9.17, 15) is 4.79 Å². The zero-order valence-electron chi connectivity index (χ0n) is 11.6. The lowest BCUT2D eigenvalue weighted by molar-refractivity contribution is 0.0945. The standard InChI is InChI=1S/C15H17BrN2O2S/c1-10(13-6-7-14(16)21-13)18-12-4-2-11(3-5-12)15(20)17-8-9-19/h2-7,10,18-19H,8-9H2,1H3,(H,17,20). The maximum atomic E-state index is 11.7. The van der Waals surface area contributed by atoms with E-state index in [0.29, 0.717) is 5.56 Å². The quantitative estimate of drug-likeness (QED) is 0.731. The summed E-state index contributed by atoms with van der Waals surface area (Å²) in [5.41, 5.74) is 1.55. The highest BCUT2D eigenvalue weighted by Gasteiger charge is 2.09. The minimum Gasteiger partial charge on any atom is -0.395 e. The predicted octanol–water partition coefficient (Wildman–Crippen LogP) is 3.41. The summed E-state index contributed by atoms with van der Waals surface area (Å²) in [6.45, 7) is 2.31. The Balaban J connectivity index is 1.97. The van der Waals surface area contributed by atoms with Gasteiger partial charge in [0.15, 0.2) is 0 Å². The Bertz CT molecular complexity index is 598. The van der Waals surface area contributed by atoms with Crippen LogP contribution in [0.1, 0.15) is 28.2 Å². The Hall–Kier alpha value is -1.37. The van der Waals surface area contributed by atoms with Crippen molar-refractivity contribution in [2.24, 2.45) is 0 Å². The fraction of sp³-hybridized carbons (Fsp3) is 0.267. The number of nitrogens with one attached hydrogen (secondary N) is 2. The normalized spacial score (nSPS) is 12.0. The Kier molecular flexibility index (Phi) is 5.78. The second-order valence-electron chi connectivity index (χ2n) is 4.56. The molecule has 1 aromatic carbocycles. The van der Waals surface area contributed by atoms with Gasteiger partial charge in [-0.2, -0.15) is 0 Å². The SMILES string of the molecule is CC(Nc1ccc(C(=O)NCCO)cc1)c1ccc(Br)s1. The molecule has 1 heterocycles. The van der Waals surface area contributed by atoms with Crippen molar-refractivity contribution in [3.05, 3.63) is 50.6 Å². The van der Waals surface area contributed by atoms with E-state index < -0.39 is 0 Å². The smallest absolute Gasteiger partial charge is 0.251 e. The van der Waals surface area contributed by atoms with Crippen LogP contribution in [0.15, 0.2) is 40.2 Å². The van der Waals surface area contributed by atoms with Gasteiger partial charge >= 0.3 is 0 Å². The number of amides is 1. The molecule has 0 saturated heterocycles. The van der Waals surface area contributed by atoms with Gasteiger partial charge in [-0.3, -0.25) is 4.79 Å². The van der Waals surface area contributed by atoms with Crippen LogP contribution in [0.3, 0.4) is 0 Å². The summed E-state index contributed by atoms with van der Waals surface area (Å²) in [6, 6.07) is 11.6. The van der Waals surface area contributed by atoms with Crippen molar-refractivity contribution >= 4 is 38.9 Å². The molecule has 0 bridgehead atoms. The van der Waals surface area contributed by atoms with Gasteiger partial charge in [-0.1, -0.05) is 0 Å². The van der Waals surface area contributed by atoms with E-state index in [1.165, 1.54) is 4.88 Å². The first-order chi connectivity index (χ1) is 10.1. The summed E-state index contributed by atoms with van der Waals surface area (Å²) in [5, 5.41) is 14.7. The maximum absolute atomic E-state index is 11.7. The Labute approximate surface area is 136 Å². The number of thiophene rings is 1. The third kappa shape index (κ3) is 4.56. The van der Waals surface area contributed by atoms with E-state index in [1.807, 2.05) is 18.2 Å². The molecule has 1 aromatic heterocycles. The summed E-state index contributed by atoms with van der Waals surface area (Å²) in [4.78, 5) is 13.0. The van der Waals surface area contributed by atoms with Crippen molar-refractivity contribution < 1.29 is 9.90 Å². The van der Waals surface area contributed by atoms with Crippen molar-refractivity contribution in [1.82, 2.24) is 5.32 Å². The van der Waals surface area contributed by atoms with Crippen molar-refractivity contribution in [3.63, 3.8) is 0 Å². The molecule has 2 aromatic rings. The average molecular weight is 369 g/mol. The van der Waals surface area contributed by atoms with E-state index in [-0.39, 0.29) is 25.1 Å². The molecule has 1 unspecified atom stereocenters. The van der Waals surface area contributed by atoms with Crippen LogP contribution >= 0.6 is 27.3 Å². The molecule has 0 aliphatic rings. The second kappa shape index (κ2) is 7.59. The summed E-state index contributed by atoms with van der Waals surface area (Å²) < 4.78 is 1.11. The van der Waals surface area contributed by atoms with Crippen molar-refractivity contribution in [1.29, 1.82) is 0 Å². The average Bonchev–Trinajstić information content (AvgIpc) is 2.92. The van der Waals surface area contributed by atoms with Gasteiger partial charge in [0.05, 0.1) is 16.4 Å². The number of aliphatic hydroxyl groups excluding tert-OH is 1. The Morgan fingerprint density at radius 2 is 2.00 bits per heavy atom. The molecular formula is C15H17BrN2O2S. The first-order valence-electron chi connectivity index (χ1n) is 6.61. The van der Waals surface area contributed by atoms with E-state index in [2.05, 4.69) is 39.6 Å². The number of halogens is 1. The molecule has 4 nitrogen and oxygen atoms in total. The highest BCUT2D eigenvalue weighted by atomic mass is 79.9. The zero-order valence-corrected chi connectivity index (χ0v) is 14.0. The van der Waals surface area contributed by atoms with Crippen LogP contribution in [0.5, 0.6) is 0 Å². The molecule has 1 atom stereocenters. The van der Waals surface area contributed by atoms with Crippen LogP contribution in [0.2, 0.25) is 0 Å². The number of benzene rings is 1. The molecule has 0 saturated carbocycles. The Morgan fingerprint density at radius 1 is 1.29 bits per heavy atom. The van der Waals surface area contributed by atoms with Gasteiger partial charge in [-0.25, -0.2) is 0 Å². The minimum absolute atomic E-state index is 0.0563. The minimum atomic E-state index is -0.175. The number of aliphatic hydroxyl groups is 1. The van der Waals surface area contributed by atoms with Gasteiger partial charge < -0.3 is 15.7 Å². The van der Waals surface area contributed by atoms with E-state index >= 15 is 0 Å². The van der Waals surface area contributed by atoms with Crippen LogP contribution < -0.4 is 10.6 Å². The second-order valence-corrected chi connectivity index (χ2v) is 7.06. The number of carbonyl (C=O) groups is 1. The van der Waals surface area contributed by atoms with Crippen LogP contribution in [-0.4, -0.2) is 24.2 Å². The molecule has 6 heteroatoms. The highest BCUT2D eigenvalue weighted by Crippen LogP contribution is 2.29. The van der Waals surface area contributed by atoms with Gasteiger partial charge in [0, 0.05) is 22.7 Å². The van der Waals surface area contributed by atoms with Gasteiger partial charge in [0.1, 0.15) is 0 Å². The summed E-state index contributed by atoms with van der Waals surface area (Å²) in [6.07, 6.45) is 0. The number of hydrogen-bond donors (Lipinski definition) is 3. The first kappa shape index (κ1) is 16.0. The number of rotatable bonds is 6. The zero-order chi connectivity index (χ0) is 15.2. The monoisotopic (exact) mass is 368 g/mol. The highest BCUT2D eigenvalue weighted by molar-refractivity contribution is 9.11. The molecule has 112 valence electrons. The number of hydrogen-bond acceptors (Lipinski definition) is 4. The van der Waals surface area contributed by atoms with Gasteiger partial charge in [-0.15, -0.1) is 11.3 Å². The lowest BCUT2D eigenvalue weighted by atomic mass is 10.1. The molecule has 0 aliphatic carbocycles. The lowest BCUT2D eigenvalue weighted by Gasteiger charge is -2.14. The third-order valence-electron chi connectivity index (χ3n) is 2.95. The molecule has 0 aliphatic heterocycles. The van der Waals surface area contributed by atoms with Crippen LogP contribution in [0.4, 0.5) is 5.69 Å².